The number of aliphatic hydroxyl groups is 2. The van der Waals surface area contributed by atoms with E-state index in [-0.39, 0.29) is 12.0 Å². The molecule has 29 heavy (non-hydrogen) atoms. The zero-order chi connectivity index (χ0) is 21.7. The number of carboxylic acids is 1. The quantitative estimate of drug-likeness (QED) is 0.471. The molecule has 0 heterocycles. The van der Waals surface area contributed by atoms with Gasteiger partial charge in [-0.25, -0.2) is 4.79 Å². The number of amides is 1. The van der Waals surface area contributed by atoms with Gasteiger partial charge in [-0.3, -0.25) is 9.59 Å². The maximum absolute atomic E-state index is 12.5. The zero-order valence-electron chi connectivity index (χ0n) is 16.4. The first-order chi connectivity index (χ1) is 13.6. The lowest BCUT2D eigenvalue weighted by molar-refractivity contribution is -0.149. The fraction of sp³-hybridized carbons (Fsp3) is 0.450. The third kappa shape index (κ3) is 5.78. The van der Waals surface area contributed by atoms with Crippen LogP contribution in [-0.4, -0.2) is 64.6 Å². The van der Waals surface area contributed by atoms with Crippen LogP contribution in [0.4, 0.5) is 0 Å². The van der Waals surface area contributed by atoms with Gasteiger partial charge in [0, 0.05) is 12.0 Å². The number of aliphatic hydroxyl groups excluding tert-OH is 2. The number of rotatable bonds is 7. The number of nitrogens with one attached hydrogen (secondary N) is 1. The number of carbonyl (C=O) groups is 3. The summed E-state index contributed by atoms with van der Waals surface area (Å²) in [7, 11) is 1.08. The van der Waals surface area contributed by atoms with Crippen molar-refractivity contribution in [2.24, 2.45) is 0 Å². The number of hydrogen-bond donors (Lipinski definition) is 4. The van der Waals surface area contributed by atoms with Crippen LogP contribution in [0.15, 0.2) is 29.8 Å². The third-order valence-electron chi connectivity index (χ3n) is 4.74. The first-order valence-electron chi connectivity index (χ1n) is 9.03. The highest BCUT2D eigenvalue weighted by molar-refractivity contribution is 5.97. The lowest BCUT2D eigenvalue weighted by Crippen LogP contribution is -2.48. The van der Waals surface area contributed by atoms with Gasteiger partial charge in [-0.05, 0) is 43.2 Å². The number of carbonyl (C=O) groups excluding carboxylic acids is 2. The van der Waals surface area contributed by atoms with Gasteiger partial charge in [0.25, 0.3) is 0 Å². The van der Waals surface area contributed by atoms with Gasteiger partial charge in [0.05, 0.1) is 19.6 Å². The van der Waals surface area contributed by atoms with Gasteiger partial charge in [-0.2, -0.15) is 0 Å². The lowest BCUT2D eigenvalue weighted by Gasteiger charge is -2.31. The molecule has 1 aliphatic carbocycles. The minimum absolute atomic E-state index is 0.0657. The minimum atomic E-state index is -1.38. The molecule has 4 unspecified atom stereocenters. The van der Waals surface area contributed by atoms with Crippen LogP contribution < -0.4 is 10.1 Å². The fourth-order valence-corrected chi connectivity index (χ4v) is 2.91. The van der Waals surface area contributed by atoms with E-state index in [1.165, 1.54) is 6.08 Å². The molecule has 0 saturated heterocycles. The first kappa shape index (κ1) is 22.4. The first-order valence-corrected chi connectivity index (χ1v) is 9.03. The van der Waals surface area contributed by atoms with Crippen LogP contribution >= 0.6 is 0 Å². The summed E-state index contributed by atoms with van der Waals surface area (Å²) in [6.07, 6.45) is -3.01. The summed E-state index contributed by atoms with van der Waals surface area (Å²) in [4.78, 5) is 35.2. The van der Waals surface area contributed by atoms with Crippen LogP contribution in [0, 0.1) is 13.8 Å². The number of aliphatic carboxylic acids is 1. The van der Waals surface area contributed by atoms with Crippen molar-refractivity contribution in [2.45, 2.75) is 51.0 Å². The van der Waals surface area contributed by atoms with Gasteiger partial charge in [-0.15, -0.1) is 0 Å². The predicted molar refractivity (Wildman–Crippen MR) is 101 cm³/mol. The highest BCUT2D eigenvalue weighted by Crippen LogP contribution is 2.25. The van der Waals surface area contributed by atoms with Gasteiger partial charge in [-0.1, -0.05) is 6.07 Å². The van der Waals surface area contributed by atoms with Gasteiger partial charge in [0.2, 0.25) is 5.91 Å². The lowest BCUT2D eigenvalue weighted by atomic mass is 9.91. The van der Waals surface area contributed by atoms with E-state index in [4.69, 9.17) is 9.84 Å². The van der Waals surface area contributed by atoms with E-state index in [0.29, 0.717) is 5.75 Å². The summed E-state index contributed by atoms with van der Waals surface area (Å²) in [6, 6.07) is 3.95. The molecule has 0 aromatic heterocycles. The molecule has 9 heteroatoms. The van der Waals surface area contributed by atoms with Crippen LogP contribution in [0.3, 0.4) is 0 Å². The van der Waals surface area contributed by atoms with Gasteiger partial charge in [0.15, 0.2) is 0 Å². The molecular weight excluding hydrogens is 382 g/mol. The smallest absolute Gasteiger partial charge is 0.328 e. The van der Waals surface area contributed by atoms with E-state index in [1.807, 2.05) is 19.9 Å². The molecule has 1 aromatic rings. The van der Waals surface area contributed by atoms with Crippen molar-refractivity contribution in [3.05, 3.63) is 41.0 Å². The van der Waals surface area contributed by atoms with E-state index in [1.54, 1.807) is 12.1 Å². The Morgan fingerprint density at radius 1 is 1.21 bits per heavy atom. The number of ether oxygens (including phenoxy) is 2. The minimum Gasteiger partial charge on any atom is -0.484 e. The Bertz CT molecular complexity index is 819. The number of benzene rings is 1. The van der Waals surface area contributed by atoms with E-state index in [2.05, 4.69) is 10.1 Å². The van der Waals surface area contributed by atoms with Gasteiger partial charge < -0.3 is 30.1 Å². The molecule has 0 bridgehead atoms. The SMILES string of the molecule is COC(=O)C(CC(=O)O)NC(=O)C1=CC(Oc2ccc(C)c(C)c2)C(O)C(O)C1. The molecule has 0 fully saturated rings. The Labute approximate surface area is 167 Å². The van der Waals surface area contributed by atoms with Crippen LogP contribution in [0.1, 0.15) is 24.0 Å². The van der Waals surface area contributed by atoms with Crippen molar-refractivity contribution in [1.82, 2.24) is 5.32 Å². The van der Waals surface area contributed by atoms with E-state index < -0.39 is 48.6 Å². The monoisotopic (exact) mass is 407 g/mol. The molecule has 0 saturated carbocycles. The number of hydrogen-bond acceptors (Lipinski definition) is 7. The molecule has 1 amide bonds. The zero-order valence-corrected chi connectivity index (χ0v) is 16.4. The van der Waals surface area contributed by atoms with E-state index in [0.717, 1.165) is 18.2 Å². The number of methoxy groups -OCH3 is 1. The second-order valence-electron chi connectivity index (χ2n) is 6.93. The molecule has 0 spiro atoms. The van der Waals surface area contributed by atoms with Crippen molar-refractivity contribution < 1.29 is 39.2 Å². The third-order valence-corrected chi connectivity index (χ3v) is 4.74. The number of esters is 1. The highest BCUT2D eigenvalue weighted by atomic mass is 16.5. The van der Waals surface area contributed by atoms with Crippen molar-refractivity contribution in [2.75, 3.05) is 7.11 Å². The summed E-state index contributed by atoms with van der Waals surface area (Å²) in [5, 5.41) is 31.6. The van der Waals surface area contributed by atoms with Crippen LogP contribution in [0.25, 0.3) is 0 Å². The van der Waals surface area contributed by atoms with Crippen molar-refractivity contribution in [3.8, 4) is 5.75 Å². The van der Waals surface area contributed by atoms with Crippen molar-refractivity contribution in [3.63, 3.8) is 0 Å². The molecule has 1 aliphatic rings. The Balaban J connectivity index is 2.20. The van der Waals surface area contributed by atoms with Gasteiger partial charge in [0.1, 0.15) is 24.0 Å². The normalized spacial score (nSPS) is 22.2. The summed E-state index contributed by atoms with van der Waals surface area (Å²) in [5.74, 6) is -2.48. The van der Waals surface area contributed by atoms with E-state index in [9.17, 15) is 24.6 Å². The van der Waals surface area contributed by atoms with Crippen molar-refractivity contribution >= 4 is 17.8 Å². The fourth-order valence-electron chi connectivity index (χ4n) is 2.91. The summed E-state index contributed by atoms with van der Waals surface area (Å²) in [5.41, 5.74) is 2.10. The van der Waals surface area contributed by atoms with Crippen molar-refractivity contribution in [1.29, 1.82) is 0 Å². The molecule has 9 nitrogen and oxygen atoms in total. The summed E-state index contributed by atoms with van der Waals surface area (Å²) < 4.78 is 10.3. The molecule has 1 aromatic carbocycles. The Morgan fingerprint density at radius 2 is 1.90 bits per heavy atom. The molecular formula is C20H25NO8. The predicted octanol–water partition coefficient (Wildman–Crippen LogP) is 0.235. The molecule has 4 N–H and O–H groups in total. The molecule has 0 radical (unpaired) electrons. The number of aryl methyl sites for hydroxylation is 2. The van der Waals surface area contributed by atoms with Gasteiger partial charge >= 0.3 is 11.9 Å². The molecule has 2 rings (SSSR count). The summed E-state index contributed by atoms with van der Waals surface area (Å²) in [6.45, 7) is 3.84. The number of carboxylic acid groups (broad SMARTS) is 1. The maximum Gasteiger partial charge on any atom is 0.328 e. The Morgan fingerprint density at radius 3 is 2.48 bits per heavy atom. The van der Waals surface area contributed by atoms with Crippen LogP contribution in [-0.2, 0) is 19.1 Å². The largest absolute Gasteiger partial charge is 0.484 e. The standard InChI is InChI=1S/C20H25NO8/c1-10-4-5-13(6-11(10)2)29-16-8-12(7-15(22)18(16)25)19(26)21-14(9-17(23)24)20(27)28-3/h4-6,8,14-16,18,22,25H,7,9H2,1-3H3,(H,21,26)(H,23,24). The average Bonchev–Trinajstić information content (AvgIpc) is 2.66. The van der Waals surface area contributed by atoms with E-state index >= 15 is 0 Å². The molecule has 4 atom stereocenters. The second kappa shape index (κ2) is 9.53. The second-order valence-corrected chi connectivity index (χ2v) is 6.93. The Kier molecular flexibility index (Phi) is 7.35. The molecule has 0 aliphatic heterocycles. The summed E-state index contributed by atoms with van der Waals surface area (Å²) >= 11 is 0. The Hall–Kier alpha value is -2.91. The topological polar surface area (TPSA) is 142 Å². The average molecular weight is 407 g/mol. The van der Waals surface area contributed by atoms with Crippen LogP contribution in [0.2, 0.25) is 0 Å². The maximum atomic E-state index is 12.5. The highest BCUT2D eigenvalue weighted by Gasteiger charge is 2.35. The van der Waals surface area contributed by atoms with Crippen LogP contribution in [0.5, 0.6) is 5.75 Å². The molecule has 158 valence electrons.